The van der Waals surface area contributed by atoms with Crippen LogP contribution in [0, 0.1) is 0 Å². The number of benzene rings is 1. The van der Waals surface area contributed by atoms with E-state index in [0.29, 0.717) is 24.7 Å². The number of amides is 1. The van der Waals surface area contributed by atoms with Gasteiger partial charge < -0.3 is 10.1 Å². The number of ether oxygens (including phenoxy) is 1. The second kappa shape index (κ2) is 7.31. The van der Waals surface area contributed by atoms with Gasteiger partial charge in [0.15, 0.2) is 5.69 Å². The fourth-order valence-corrected chi connectivity index (χ4v) is 2.45. The minimum Gasteiger partial charge on any atom is -0.494 e. The van der Waals surface area contributed by atoms with Crippen molar-refractivity contribution < 1.29 is 9.53 Å². The lowest BCUT2D eigenvalue weighted by molar-refractivity contribution is 0.102. The SMILES string of the molecule is CCOc1ccc(NC(=O)c2ccn(Cn3cc(Br)cn3)n2)cc1. The van der Waals surface area contributed by atoms with Gasteiger partial charge in [-0.15, -0.1) is 0 Å². The van der Waals surface area contributed by atoms with Gasteiger partial charge in [-0.2, -0.15) is 10.2 Å². The van der Waals surface area contributed by atoms with Crippen molar-refractivity contribution in [1.29, 1.82) is 0 Å². The van der Waals surface area contributed by atoms with E-state index in [9.17, 15) is 4.79 Å². The van der Waals surface area contributed by atoms with Crippen LogP contribution >= 0.6 is 15.9 Å². The molecule has 0 saturated heterocycles. The molecule has 0 spiro atoms. The van der Waals surface area contributed by atoms with Crippen LogP contribution in [0.25, 0.3) is 0 Å². The minimum atomic E-state index is -0.264. The first-order valence-electron chi connectivity index (χ1n) is 7.39. The van der Waals surface area contributed by atoms with Crippen molar-refractivity contribution in [3.63, 3.8) is 0 Å². The third-order valence-corrected chi connectivity index (χ3v) is 3.60. The standard InChI is InChI=1S/C16H16BrN5O2/c1-2-24-14-5-3-13(4-6-14)19-16(23)15-7-8-21(20-15)11-22-10-12(17)9-18-22/h3-10H,2,11H2,1H3,(H,19,23). The predicted molar refractivity (Wildman–Crippen MR) is 93.1 cm³/mol. The maximum atomic E-state index is 12.2. The van der Waals surface area contributed by atoms with Gasteiger partial charge in [-0.05, 0) is 53.2 Å². The molecule has 0 aliphatic carbocycles. The van der Waals surface area contributed by atoms with E-state index in [1.807, 2.05) is 25.3 Å². The zero-order valence-corrected chi connectivity index (χ0v) is 14.6. The van der Waals surface area contributed by atoms with E-state index in [0.717, 1.165) is 10.2 Å². The number of nitrogens with zero attached hydrogens (tertiary/aromatic N) is 4. The molecule has 8 heteroatoms. The summed E-state index contributed by atoms with van der Waals surface area (Å²) in [5, 5.41) is 11.2. The Bertz CT molecular complexity index is 825. The Morgan fingerprint density at radius 1 is 1.25 bits per heavy atom. The number of aromatic nitrogens is 4. The molecule has 124 valence electrons. The van der Waals surface area contributed by atoms with Crippen LogP contribution in [0.15, 0.2) is 53.4 Å². The summed E-state index contributed by atoms with van der Waals surface area (Å²) in [5.74, 6) is 0.504. The van der Waals surface area contributed by atoms with E-state index >= 15 is 0 Å². The fourth-order valence-electron chi connectivity index (χ4n) is 2.12. The zero-order valence-electron chi connectivity index (χ0n) is 13.0. The van der Waals surface area contributed by atoms with Gasteiger partial charge in [-0.25, -0.2) is 4.68 Å². The van der Waals surface area contributed by atoms with Gasteiger partial charge in [0.05, 0.1) is 17.3 Å². The number of anilines is 1. The summed E-state index contributed by atoms with van der Waals surface area (Å²) in [5.41, 5.74) is 1.03. The molecule has 1 N–H and O–H groups in total. The van der Waals surface area contributed by atoms with Gasteiger partial charge in [-0.1, -0.05) is 0 Å². The normalized spacial score (nSPS) is 10.6. The smallest absolute Gasteiger partial charge is 0.276 e. The second-order valence-corrected chi connectivity index (χ2v) is 5.91. The van der Waals surface area contributed by atoms with Crippen molar-refractivity contribution >= 4 is 27.5 Å². The van der Waals surface area contributed by atoms with E-state index in [1.165, 1.54) is 0 Å². The molecule has 1 amide bonds. The van der Waals surface area contributed by atoms with Crippen LogP contribution in [-0.2, 0) is 6.67 Å². The number of carbonyl (C=O) groups excluding carboxylic acids is 1. The highest BCUT2D eigenvalue weighted by molar-refractivity contribution is 9.10. The predicted octanol–water partition coefficient (Wildman–Crippen LogP) is 3.00. The number of hydrogen-bond acceptors (Lipinski definition) is 4. The Labute approximate surface area is 147 Å². The molecule has 3 aromatic rings. The quantitative estimate of drug-likeness (QED) is 0.702. The Kier molecular flexibility index (Phi) is 4.95. The summed E-state index contributed by atoms with van der Waals surface area (Å²) < 4.78 is 9.62. The average Bonchev–Trinajstić information content (AvgIpc) is 3.19. The maximum absolute atomic E-state index is 12.2. The van der Waals surface area contributed by atoms with E-state index < -0.39 is 0 Å². The van der Waals surface area contributed by atoms with E-state index in [4.69, 9.17) is 4.74 Å². The first-order chi connectivity index (χ1) is 11.6. The number of halogens is 1. The van der Waals surface area contributed by atoms with Crippen molar-refractivity contribution in [2.45, 2.75) is 13.6 Å². The minimum absolute atomic E-state index is 0.264. The Balaban J connectivity index is 1.62. The average molecular weight is 390 g/mol. The zero-order chi connectivity index (χ0) is 16.9. The summed E-state index contributed by atoms with van der Waals surface area (Å²) >= 11 is 3.34. The maximum Gasteiger partial charge on any atom is 0.276 e. The van der Waals surface area contributed by atoms with E-state index in [-0.39, 0.29) is 5.91 Å². The lowest BCUT2D eigenvalue weighted by atomic mass is 10.3. The number of rotatable bonds is 6. The molecule has 0 atom stereocenters. The van der Waals surface area contributed by atoms with Crippen LogP contribution in [0.1, 0.15) is 17.4 Å². The molecular formula is C16H16BrN5O2. The second-order valence-electron chi connectivity index (χ2n) is 4.99. The van der Waals surface area contributed by atoms with Crippen LogP contribution in [0.2, 0.25) is 0 Å². The van der Waals surface area contributed by atoms with Gasteiger partial charge >= 0.3 is 0 Å². The summed E-state index contributed by atoms with van der Waals surface area (Å²) in [7, 11) is 0. The molecule has 0 radical (unpaired) electrons. The molecule has 2 heterocycles. The van der Waals surface area contributed by atoms with Crippen molar-refractivity contribution in [2.75, 3.05) is 11.9 Å². The summed E-state index contributed by atoms with van der Waals surface area (Å²) in [6.07, 6.45) is 5.27. The van der Waals surface area contributed by atoms with Crippen LogP contribution in [0.3, 0.4) is 0 Å². The van der Waals surface area contributed by atoms with Crippen molar-refractivity contribution in [1.82, 2.24) is 19.6 Å². The summed E-state index contributed by atoms with van der Waals surface area (Å²) in [4.78, 5) is 12.2. The third-order valence-electron chi connectivity index (χ3n) is 3.19. The first-order valence-corrected chi connectivity index (χ1v) is 8.19. The van der Waals surface area contributed by atoms with E-state index in [2.05, 4.69) is 31.4 Å². The van der Waals surface area contributed by atoms with Crippen molar-refractivity contribution in [3.05, 3.63) is 59.1 Å². The third kappa shape index (κ3) is 4.02. The summed E-state index contributed by atoms with van der Waals surface area (Å²) in [6.45, 7) is 2.96. The topological polar surface area (TPSA) is 74.0 Å². The highest BCUT2D eigenvalue weighted by Gasteiger charge is 2.10. The van der Waals surface area contributed by atoms with Crippen molar-refractivity contribution in [3.8, 4) is 5.75 Å². The lowest BCUT2D eigenvalue weighted by Crippen LogP contribution is -2.14. The molecule has 0 unspecified atom stereocenters. The fraction of sp³-hybridized carbons (Fsp3) is 0.188. The Hall–Kier alpha value is -2.61. The molecule has 0 fully saturated rings. The number of hydrogen-bond donors (Lipinski definition) is 1. The molecule has 0 saturated carbocycles. The van der Waals surface area contributed by atoms with Gasteiger partial charge in [0.25, 0.3) is 5.91 Å². The molecule has 7 nitrogen and oxygen atoms in total. The van der Waals surface area contributed by atoms with Crippen LogP contribution in [0.4, 0.5) is 5.69 Å². The van der Waals surface area contributed by atoms with Crippen LogP contribution < -0.4 is 10.1 Å². The largest absolute Gasteiger partial charge is 0.494 e. The van der Waals surface area contributed by atoms with E-state index in [1.54, 1.807) is 40.0 Å². The number of nitrogens with one attached hydrogen (secondary N) is 1. The highest BCUT2D eigenvalue weighted by atomic mass is 79.9. The number of carbonyl (C=O) groups is 1. The van der Waals surface area contributed by atoms with Crippen LogP contribution in [-0.4, -0.2) is 32.1 Å². The van der Waals surface area contributed by atoms with Crippen LogP contribution in [0.5, 0.6) is 5.75 Å². The monoisotopic (exact) mass is 389 g/mol. The molecular weight excluding hydrogens is 374 g/mol. The van der Waals surface area contributed by atoms with Gasteiger partial charge in [0.2, 0.25) is 0 Å². The lowest BCUT2D eigenvalue weighted by Gasteiger charge is -2.06. The molecule has 0 aliphatic heterocycles. The molecule has 3 rings (SSSR count). The molecule has 0 aliphatic rings. The molecule has 1 aromatic carbocycles. The Morgan fingerprint density at radius 2 is 2.04 bits per heavy atom. The molecule has 2 aromatic heterocycles. The van der Waals surface area contributed by atoms with Gasteiger partial charge in [0.1, 0.15) is 12.4 Å². The molecule has 24 heavy (non-hydrogen) atoms. The van der Waals surface area contributed by atoms with Gasteiger partial charge in [-0.3, -0.25) is 9.48 Å². The first kappa shape index (κ1) is 16.3. The van der Waals surface area contributed by atoms with Crippen molar-refractivity contribution in [2.24, 2.45) is 0 Å². The Morgan fingerprint density at radius 3 is 2.71 bits per heavy atom. The molecule has 0 bridgehead atoms. The summed E-state index contributed by atoms with van der Waals surface area (Å²) in [6, 6.07) is 8.88. The highest BCUT2D eigenvalue weighted by Crippen LogP contribution is 2.16. The van der Waals surface area contributed by atoms with Gasteiger partial charge in [0, 0.05) is 18.1 Å².